The number of para-hydroxylation sites is 1. The van der Waals surface area contributed by atoms with Crippen LogP contribution in [0, 0.1) is 0 Å². The molecule has 3 heterocycles. The van der Waals surface area contributed by atoms with Crippen LogP contribution in [0.1, 0.15) is 17.4 Å². The predicted molar refractivity (Wildman–Crippen MR) is 125 cm³/mol. The number of anilines is 1. The highest BCUT2D eigenvalue weighted by atomic mass is 32.1. The van der Waals surface area contributed by atoms with Crippen LogP contribution < -0.4 is 10.1 Å². The first-order valence-electron chi connectivity index (χ1n) is 9.91. The molecule has 5 rings (SSSR count). The van der Waals surface area contributed by atoms with Crippen molar-refractivity contribution in [2.75, 3.05) is 12.4 Å². The highest BCUT2D eigenvalue weighted by Crippen LogP contribution is 2.32. The van der Waals surface area contributed by atoms with Gasteiger partial charge in [0, 0.05) is 24.8 Å². The van der Waals surface area contributed by atoms with Gasteiger partial charge in [0.25, 0.3) is 0 Å². The first kappa shape index (κ1) is 19.3. The minimum Gasteiger partial charge on any atom is -0.497 e. The summed E-state index contributed by atoms with van der Waals surface area (Å²) in [6, 6.07) is 19.9. The number of nitrogens with zero attached hydrogens (tertiary/aromatic N) is 4. The van der Waals surface area contributed by atoms with Gasteiger partial charge in [-0.3, -0.25) is 0 Å². The SMILES string of the molecule is COc1ccc(C(Nc2nc(-c3cccs3)nc3ccccc23)c2nccn2C)cc1. The molecule has 1 unspecified atom stereocenters. The van der Waals surface area contributed by atoms with Crippen LogP contribution in [-0.4, -0.2) is 26.6 Å². The van der Waals surface area contributed by atoms with Crippen LogP contribution in [0.25, 0.3) is 21.6 Å². The van der Waals surface area contributed by atoms with Crippen LogP contribution in [0.3, 0.4) is 0 Å². The number of benzene rings is 2. The minimum absolute atomic E-state index is 0.194. The van der Waals surface area contributed by atoms with E-state index in [9.17, 15) is 0 Å². The molecule has 0 amide bonds. The first-order valence-corrected chi connectivity index (χ1v) is 10.8. The van der Waals surface area contributed by atoms with Gasteiger partial charge in [-0.05, 0) is 41.3 Å². The number of thiophene rings is 1. The quantitative estimate of drug-likeness (QED) is 0.398. The van der Waals surface area contributed by atoms with Crippen LogP contribution in [0.5, 0.6) is 5.75 Å². The van der Waals surface area contributed by atoms with Gasteiger partial charge >= 0.3 is 0 Å². The van der Waals surface area contributed by atoms with E-state index in [2.05, 4.69) is 22.4 Å². The normalized spacial score (nSPS) is 12.1. The van der Waals surface area contributed by atoms with Gasteiger partial charge in [-0.1, -0.05) is 30.3 Å². The maximum atomic E-state index is 5.34. The van der Waals surface area contributed by atoms with E-state index in [-0.39, 0.29) is 6.04 Å². The molecule has 31 heavy (non-hydrogen) atoms. The zero-order valence-corrected chi connectivity index (χ0v) is 18.0. The summed E-state index contributed by atoms with van der Waals surface area (Å²) in [5.41, 5.74) is 1.96. The lowest BCUT2D eigenvalue weighted by Crippen LogP contribution is -2.18. The van der Waals surface area contributed by atoms with Crippen LogP contribution in [0.2, 0.25) is 0 Å². The monoisotopic (exact) mass is 427 g/mol. The Bertz CT molecular complexity index is 1310. The van der Waals surface area contributed by atoms with E-state index < -0.39 is 0 Å². The number of aryl methyl sites for hydroxylation is 1. The summed E-state index contributed by atoms with van der Waals surface area (Å²) >= 11 is 1.63. The van der Waals surface area contributed by atoms with Crippen molar-refractivity contribution in [1.82, 2.24) is 19.5 Å². The number of aromatic nitrogens is 4. The van der Waals surface area contributed by atoms with Gasteiger partial charge < -0.3 is 14.6 Å². The fourth-order valence-electron chi connectivity index (χ4n) is 3.59. The molecule has 154 valence electrons. The Morgan fingerprint density at radius 1 is 1.00 bits per heavy atom. The Morgan fingerprint density at radius 2 is 1.84 bits per heavy atom. The molecule has 0 aliphatic rings. The summed E-state index contributed by atoms with van der Waals surface area (Å²) < 4.78 is 7.35. The molecule has 5 aromatic rings. The van der Waals surface area contributed by atoms with Crippen LogP contribution in [-0.2, 0) is 7.05 Å². The highest BCUT2D eigenvalue weighted by molar-refractivity contribution is 7.13. The molecule has 0 fully saturated rings. The number of rotatable bonds is 6. The Morgan fingerprint density at radius 3 is 2.55 bits per heavy atom. The second kappa shape index (κ2) is 8.20. The van der Waals surface area contributed by atoms with Gasteiger partial charge in [-0.15, -0.1) is 11.3 Å². The maximum absolute atomic E-state index is 5.34. The van der Waals surface area contributed by atoms with Gasteiger partial charge in [-0.2, -0.15) is 0 Å². The molecule has 1 atom stereocenters. The van der Waals surface area contributed by atoms with E-state index in [1.165, 1.54) is 0 Å². The molecule has 0 spiro atoms. The lowest BCUT2D eigenvalue weighted by molar-refractivity contribution is 0.414. The average molecular weight is 428 g/mol. The summed E-state index contributed by atoms with van der Waals surface area (Å²) in [6.07, 6.45) is 3.76. The molecule has 0 saturated heterocycles. The topological polar surface area (TPSA) is 64.9 Å². The Kier molecular flexibility index (Phi) is 5.09. The third-order valence-electron chi connectivity index (χ3n) is 5.19. The zero-order valence-electron chi connectivity index (χ0n) is 17.2. The standard InChI is InChI=1S/C24H21N5OS/c1-29-14-13-25-24(29)21(16-9-11-17(30-2)12-10-16)27-22-18-6-3-4-7-19(18)26-23(28-22)20-8-5-15-31-20/h3-15,21H,1-2H3,(H,26,27,28). The van der Waals surface area contributed by atoms with Crippen molar-refractivity contribution in [2.24, 2.45) is 7.05 Å². The molecular formula is C24H21N5OS. The number of ether oxygens (including phenoxy) is 1. The molecule has 0 saturated carbocycles. The zero-order chi connectivity index (χ0) is 21.2. The summed E-state index contributed by atoms with van der Waals surface area (Å²) in [5.74, 6) is 3.20. The van der Waals surface area contributed by atoms with Crippen molar-refractivity contribution in [3.63, 3.8) is 0 Å². The number of fused-ring (bicyclic) bond motifs is 1. The smallest absolute Gasteiger partial charge is 0.172 e. The molecule has 3 aromatic heterocycles. The van der Waals surface area contributed by atoms with E-state index >= 15 is 0 Å². The van der Waals surface area contributed by atoms with Gasteiger partial charge in [0.1, 0.15) is 23.4 Å². The molecule has 0 aliphatic carbocycles. The summed E-state index contributed by atoms with van der Waals surface area (Å²) in [7, 11) is 3.67. The number of imidazole rings is 1. The first-order chi connectivity index (χ1) is 15.2. The van der Waals surface area contributed by atoms with Crippen molar-refractivity contribution in [3.05, 3.63) is 89.8 Å². The summed E-state index contributed by atoms with van der Waals surface area (Å²) in [4.78, 5) is 15.3. The molecular weight excluding hydrogens is 406 g/mol. The van der Waals surface area contributed by atoms with E-state index in [1.54, 1.807) is 18.4 Å². The maximum Gasteiger partial charge on any atom is 0.172 e. The van der Waals surface area contributed by atoms with Gasteiger partial charge in [-0.25, -0.2) is 15.0 Å². The molecule has 0 bridgehead atoms. The van der Waals surface area contributed by atoms with Crippen molar-refractivity contribution in [3.8, 4) is 16.5 Å². The number of nitrogens with one attached hydrogen (secondary N) is 1. The van der Waals surface area contributed by atoms with Gasteiger partial charge in [0.15, 0.2) is 5.82 Å². The van der Waals surface area contributed by atoms with Crippen LogP contribution in [0.4, 0.5) is 5.82 Å². The second-order valence-corrected chi connectivity index (χ2v) is 8.08. The average Bonchev–Trinajstić information content (AvgIpc) is 3.49. The molecule has 6 nitrogen and oxygen atoms in total. The van der Waals surface area contributed by atoms with Crippen molar-refractivity contribution in [2.45, 2.75) is 6.04 Å². The molecule has 7 heteroatoms. The third kappa shape index (κ3) is 3.75. The Hall–Kier alpha value is -3.71. The second-order valence-electron chi connectivity index (χ2n) is 7.14. The van der Waals surface area contributed by atoms with Crippen molar-refractivity contribution >= 4 is 28.1 Å². The van der Waals surface area contributed by atoms with E-state index in [0.29, 0.717) is 5.82 Å². The van der Waals surface area contributed by atoms with E-state index in [4.69, 9.17) is 14.7 Å². The van der Waals surface area contributed by atoms with Gasteiger partial charge in [0.05, 0.1) is 17.5 Å². The number of methoxy groups -OCH3 is 1. The lowest BCUT2D eigenvalue weighted by Gasteiger charge is -2.21. The minimum atomic E-state index is -0.194. The predicted octanol–water partition coefficient (Wildman–Crippen LogP) is 5.30. The van der Waals surface area contributed by atoms with Crippen molar-refractivity contribution < 1.29 is 4.74 Å². The Labute approximate surface area is 184 Å². The highest BCUT2D eigenvalue weighted by Gasteiger charge is 2.21. The Balaban J connectivity index is 1.64. The molecule has 0 aliphatic heterocycles. The molecule has 0 radical (unpaired) electrons. The van der Waals surface area contributed by atoms with E-state index in [1.807, 2.05) is 77.9 Å². The van der Waals surface area contributed by atoms with Crippen LogP contribution in [0.15, 0.2) is 78.4 Å². The summed E-state index contributed by atoms with van der Waals surface area (Å²) in [6.45, 7) is 0. The fraction of sp³-hybridized carbons (Fsp3) is 0.125. The number of hydrogen-bond acceptors (Lipinski definition) is 6. The summed E-state index contributed by atoms with van der Waals surface area (Å²) in [5, 5.41) is 6.66. The largest absolute Gasteiger partial charge is 0.497 e. The van der Waals surface area contributed by atoms with Crippen molar-refractivity contribution in [1.29, 1.82) is 0 Å². The fourth-order valence-corrected chi connectivity index (χ4v) is 4.25. The number of hydrogen-bond donors (Lipinski definition) is 1. The van der Waals surface area contributed by atoms with Gasteiger partial charge in [0.2, 0.25) is 0 Å². The lowest BCUT2D eigenvalue weighted by atomic mass is 10.1. The molecule has 1 N–H and O–H groups in total. The van der Waals surface area contributed by atoms with Crippen LogP contribution >= 0.6 is 11.3 Å². The van der Waals surface area contributed by atoms with E-state index in [0.717, 1.165) is 38.7 Å². The molecule has 2 aromatic carbocycles. The third-order valence-corrected chi connectivity index (χ3v) is 6.06.